The molecule has 0 fully saturated rings. The molecule has 0 saturated heterocycles. The van der Waals surface area contributed by atoms with Crippen LogP contribution >= 0.6 is 0 Å². The molecule has 3 nitrogen and oxygen atoms in total. The Kier molecular flexibility index (Phi) is 7.25. The van der Waals surface area contributed by atoms with Crippen molar-refractivity contribution in [2.24, 2.45) is 0 Å². The first-order valence-corrected chi connectivity index (χ1v) is 10.5. The van der Waals surface area contributed by atoms with Crippen molar-refractivity contribution in [3.63, 3.8) is 0 Å². The third-order valence-corrected chi connectivity index (χ3v) is 5.41. The lowest BCUT2D eigenvalue weighted by Crippen LogP contribution is -1.99. The van der Waals surface area contributed by atoms with Gasteiger partial charge in [0.05, 0.1) is 0 Å². The van der Waals surface area contributed by atoms with Gasteiger partial charge in [0.25, 0.3) is 10.1 Å². The van der Waals surface area contributed by atoms with Gasteiger partial charge in [-0.15, -0.1) is 0 Å². The van der Waals surface area contributed by atoms with Gasteiger partial charge in [-0.3, -0.25) is 4.55 Å². The highest BCUT2D eigenvalue weighted by Gasteiger charge is 2.13. The van der Waals surface area contributed by atoms with E-state index in [9.17, 15) is 13.0 Å². The third kappa shape index (κ3) is 5.60. The van der Waals surface area contributed by atoms with Crippen molar-refractivity contribution >= 4 is 20.9 Å². The van der Waals surface area contributed by atoms with Crippen LogP contribution in [0, 0.1) is 0 Å². The van der Waals surface area contributed by atoms with Crippen LogP contribution in [0.5, 0.6) is 0 Å². The number of hydrogen-bond acceptors (Lipinski definition) is 2. The van der Waals surface area contributed by atoms with Crippen LogP contribution in [0.25, 0.3) is 10.8 Å². The minimum atomic E-state index is -4.18. The topological polar surface area (TPSA) is 54.4 Å². The smallest absolute Gasteiger partial charge is 0.282 e. The summed E-state index contributed by atoms with van der Waals surface area (Å²) in [6.07, 6.45) is 11.4. The van der Waals surface area contributed by atoms with E-state index in [0.29, 0.717) is 5.39 Å². The number of unbranched alkanes of at least 4 members (excludes halogenated alkanes) is 7. The first-order valence-electron chi connectivity index (χ1n) is 9.01. The molecule has 0 radical (unpaired) electrons. The van der Waals surface area contributed by atoms with E-state index in [1.165, 1.54) is 56.6 Å². The fourth-order valence-electron chi connectivity index (χ4n) is 3.15. The molecule has 0 spiro atoms. The average Bonchev–Trinajstić information content (AvgIpc) is 2.55. The monoisotopic (exact) mass is 348 g/mol. The summed E-state index contributed by atoms with van der Waals surface area (Å²) in [6.45, 7) is 2.24. The van der Waals surface area contributed by atoms with E-state index in [4.69, 9.17) is 0 Å². The van der Waals surface area contributed by atoms with E-state index in [1.807, 2.05) is 18.2 Å². The van der Waals surface area contributed by atoms with Gasteiger partial charge < -0.3 is 0 Å². The van der Waals surface area contributed by atoms with Gasteiger partial charge in [-0.1, -0.05) is 82.2 Å². The quantitative estimate of drug-likeness (QED) is 0.438. The first-order chi connectivity index (χ1) is 11.5. The second-order valence-corrected chi connectivity index (χ2v) is 7.90. The van der Waals surface area contributed by atoms with Crippen molar-refractivity contribution in [2.45, 2.75) is 69.6 Å². The Morgan fingerprint density at radius 3 is 2.21 bits per heavy atom. The highest BCUT2D eigenvalue weighted by Crippen LogP contribution is 2.24. The molecule has 0 atom stereocenters. The molecule has 0 amide bonds. The Morgan fingerprint density at radius 2 is 1.54 bits per heavy atom. The molecule has 0 bridgehead atoms. The Bertz CT molecular complexity index is 751. The highest BCUT2D eigenvalue weighted by atomic mass is 32.2. The minimum Gasteiger partial charge on any atom is -0.282 e. The molecular weight excluding hydrogens is 320 g/mol. The molecule has 0 aliphatic carbocycles. The van der Waals surface area contributed by atoms with Crippen LogP contribution in [0.15, 0.2) is 41.3 Å². The van der Waals surface area contributed by atoms with Gasteiger partial charge in [0.15, 0.2) is 0 Å². The largest absolute Gasteiger partial charge is 0.295 e. The third-order valence-electron chi connectivity index (χ3n) is 4.50. The minimum absolute atomic E-state index is 0.0152. The molecule has 2 rings (SSSR count). The van der Waals surface area contributed by atoms with Crippen LogP contribution in [-0.4, -0.2) is 13.0 Å². The van der Waals surface area contributed by atoms with E-state index >= 15 is 0 Å². The Morgan fingerprint density at radius 1 is 0.875 bits per heavy atom. The first kappa shape index (κ1) is 18.9. The summed E-state index contributed by atoms with van der Waals surface area (Å²) in [4.78, 5) is -0.0152. The molecule has 0 saturated carbocycles. The van der Waals surface area contributed by atoms with Gasteiger partial charge in [0.1, 0.15) is 4.90 Å². The molecule has 0 aromatic heterocycles. The summed E-state index contributed by atoms with van der Waals surface area (Å²) in [6, 6.07) is 10.8. The zero-order valence-corrected chi connectivity index (χ0v) is 15.3. The normalized spacial score (nSPS) is 11.9. The summed E-state index contributed by atoms with van der Waals surface area (Å²) in [5.74, 6) is 0. The van der Waals surface area contributed by atoms with Crippen LogP contribution in [0.1, 0.15) is 63.9 Å². The van der Waals surface area contributed by atoms with E-state index < -0.39 is 10.1 Å². The predicted molar refractivity (Wildman–Crippen MR) is 100 cm³/mol. The number of hydrogen-bond donors (Lipinski definition) is 1. The van der Waals surface area contributed by atoms with Crippen LogP contribution in [-0.2, 0) is 16.5 Å². The average molecular weight is 349 g/mol. The van der Waals surface area contributed by atoms with Gasteiger partial charge in [-0.05, 0) is 29.9 Å². The van der Waals surface area contributed by atoms with E-state index in [2.05, 4.69) is 6.92 Å². The summed E-state index contributed by atoms with van der Waals surface area (Å²) in [5.41, 5.74) is 1.22. The molecule has 1 N–H and O–H groups in total. The maximum absolute atomic E-state index is 11.4. The fourth-order valence-corrected chi connectivity index (χ4v) is 3.86. The number of rotatable bonds is 10. The SMILES string of the molecule is CCCCCCCCCCc1ccc2c(S(=O)(=O)O)cccc2c1. The van der Waals surface area contributed by atoms with Crippen molar-refractivity contribution in [2.75, 3.05) is 0 Å². The maximum atomic E-state index is 11.4. The molecular formula is C20H28O3S. The van der Waals surface area contributed by atoms with Crippen molar-refractivity contribution < 1.29 is 13.0 Å². The summed E-state index contributed by atoms with van der Waals surface area (Å²) in [5, 5.41) is 1.45. The van der Waals surface area contributed by atoms with E-state index in [1.54, 1.807) is 12.1 Å². The second kappa shape index (κ2) is 9.19. The summed E-state index contributed by atoms with van der Waals surface area (Å²) in [7, 11) is -4.18. The van der Waals surface area contributed by atoms with Crippen LogP contribution in [0.2, 0.25) is 0 Å². The van der Waals surface area contributed by atoms with E-state index in [-0.39, 0.29) is 4.90 Å². The Hall–Kier alpha value is -1.39. The van der Waals surface area contributed by atoms with Crippen LogP contribution < -0.4 is 0 Å². The Labute approximate surface area is 145 Å². The molecule has 132 valence electrons. The van der Waals surface area contributed by atoms with Gasteiger partial charge in [0.2, 0.25) is 0 Å². The molecule has 2 aromatic rings. The zero-order chi connectivity index (χ0) is 17.4. The molecule has 2 aromatic carbocycles. The number of aryl methyl sites for hydroxylation is 1. The van der Waals surface area contributed by atoms with E-state index in [0.717, 1.165) is 18.2 Å². The zero-order valence-electron chi connectivity index (χ0n) is 14.5. The molecule has 24 heavy (non-hydrogen) atoms. The van der Waals surface area contributed by atoms with Crippen molar-refractivity contribution in [1.82, 2.24) is 0 Å². The Balaban J connectivity index is 1.88. The van der Waals surface area contributed by atoms with Crippen molar-refractivity contribution in [3.8, 4) is 0 Å². The van der Waals surface area contributed by atoms with Gasteiger partial charge in [-0.25, -0.2) is 0 Å². The van der Waals surface area contributed by atoms with Crippen LogP contribution in [0.3, 0.4) is 0 Å². The highest BCUT2D eigenvalue weighted by molar-refractivity contribution is 7.86. The van der Waals surface area contributed by atoms with Crippen LogP contribution in [0.4, 0.5) is 0 Å². The fraction of sp³-hybridized carbons (Fsp3) is 0.500. The lowest BCUT2D eigenvalue weighted by molar-refractivity contribution is 0.484. The number of fused-ring (bicyclic) bond motifs is 1. The molecule has 4 heteroatoms. The second-order valence-electron chi connectivity index (χ2n) is 6.51. The molecule has 0 unspecified atom stereocenters. The predicted octanol–water partition coefficient (Wildman–Crippen LogP) is 5.77. The molecule has 0 heterocycles. The van der Waals surface area contributed by atoms with Crippen molar-refractivity contribution in [3.05, 3.63) is 42.0 Å². The summed E-state index contributed by atoms with van der Waals surface area (Å²) >= 11 is 0. The maximum Gasteiger partial charge on any atom is 0.295 e. The number of benzene rings is 2. The lowest BCUT2D eigenvalue weighted by atomic mass is 10.0. The van der Waals surface area contributed by atoms with Gasteiger partial charge >= 0.3 is 0 Å². The summed E-state index contributed by atoms with van der Waals surface area (Å²) < 4.78 is 32.2. The van der Waals surface area contributed by atoms with Crippen molar-refractivity contribution in [1.29, 1.82) is 0 Å². The van der Waals surface area contributed by atoms with Gasteiger partial charge in [-0.2, -0.15) is 8.42 Å². The standard InChI is InChI=1S/C20H28O3S/c1-2-3-4-5-6-7-8-9-11-17-14-15-19-18(16-17)12-10-13-20(19)24(21,22)23/h10,12-16H,2-9,11H2,1H3,(H,21,22,23). The lowest BCUT2D eigenvalue weighted by Gasteiger charge is -2.07. The molecule has 0 aliphatic rings. The molecule has 0 aliphatic heterocycles. The van der Waals surface area contributed by atoms with Gasteiger partial charge in [0, 0.05) is 5.39 Å².